The first kappa shape index (κ1) is 8.58. The monoisotopic (exact) mass is 191 g/mol. The normalized spacial score (nSPS) is 15.8. The van der Waals surface area contributed by atoms with Crippen molar-refractivity contribution in [2.75, 3.05) is 0 Å². The van der Waals surface area contributed by atoms with Gasteiger partial charge in [-0.1, -0.05) is 18.2 Å². The first-order valence-corrected chi connectivity index (χ1v) is 3.84. The third-order valence-electron chi connectivity index (χ3n) is 1.98. The van der Waals surface area contributed by atoms with Crippen molar-refractivity contribution in [3.63, 3.8) is 0 Å². The third-order valence-corrected chi connectivity index (χ3v) is 1.98. The number of carbonyl (C=O) groups is 3. The Morgan fingerprint density at radius 1 is 0.929 bits per heavy atom. The number of carbonyl (C=O) groups excluding carboxylic acids is 3. The van der Waals surface area contributed by atoms with Crippen LogP contribution in [0.3, 0.4) is 0 Å². The van der Waals surface area contributed by atoms with Gasteiger partial charge in [0.2, 0.25) is 0 Å². The van der Waals surface area contributed by atoms with Gasteiger partial charge in [0.25, 0.3) is 11.7 Å². The SMILES string of the molecule is O=C1C(=O)N(O)C(=O)c2ccccc21. The van der Waals surface area contributed by atoms with E-state index in [9.17, 15) is 14.4 Å². The highest BCUT2D eigenvalue weighted by Crippen LogP contribution is 2.17. The number of hydroxylamine groups is 2. The molecule has 0 bridgehead atoms. The van der Waals surface area contributed by atoms with Crippen LogP contribution in [0.4, 0.5) is 0 Å². The van der Waals surface area contributed by atoms with E-state index >= 15 is 0 Å². The van der Waals surface area contributed by atoms with Crippen LogP contribution in [-0.2, 0) is 4.79 Å². The fourth-order valence-corrected chi connectivity index (χ4v) is 1.29. The molecule has 1 heterocycles. The molecule has 5 heteroatoms. The standard InChI is InChI=1S/C9H5NO4/c11-7-5-3-1-2-4-6(5)8(12)10(14)9(7)13/h1-4,14H. The number of imide groups is 1. The molecule has 1 aromatic carbocycles. The van der Waals surface area contributed by atoms with Crippen LogP contribution in [0.5, 0.6) is 0 Å². The Balaban J connectivity index is 2.68. The molecule has 70 valence electrons. The predicted molar refractivity (Wildman–Crippen MR) is 43.7 cm³/mol. The van der Waals surface area contributed by atoms with Gasteiger partial charge in [-0.3, -0.25) is 19.6 Å². The first-order chi connectivity index (χ1) is 6.63. The summed E-state index contributed by atoms with van der Waals surface area (Å²) >= 11 is 0. The second-order valence-corrected chi connectivity index (χ2v) is 2.80. The summed E-state index contributed by atoms with van der Waals surface area (Å²) < 4.78 is 0. The second kappa shape index (κ2) is 2.74. The molecule has 5 nitrogen and oxygen atoms in total. The number of hydrogen-bond donors (Lipinski definition) is 1. The highest BCUT2D eigenvalue weighted by Gasteiger charge is 2.36. The minimum atomic E-state index is -1.21. The van der Waals surface area contributed by atoms with Crippen molar-refractivity contribution in [3.8, 4) is 0 Å². The Morgan fingerprint density at radius 2 is 1.50 bits per heavy atom. The molecule has 0 atom stereocenters. The topological polar surface area (TPSA) is 74.7 Å². The molecule has 2 amide bonds. The van der Waals surface area contributed by atoms with Crippen molar-refractivity contribution in [2.45, 2.75) is 0 Å². The van der Waals surface area contributed by atoms with Crippen LogP contribution in [0.25, 0.3) is 0 Å². The molecule has 0 spiro atoms. The summed E-state index contributed by atoms with van der Waals surface area (Å²) in [6, 6.07) is 5.85. The molecule has 1 aliphatic rings. The molecule has 0 saturated carbocycles. The van der Waals surface area contributed by atoms with Gasteiger partial charge in [0, 0.05) is 5.56 Å². The molecule has 0 saturated heterocycles. The van der Waals surface area contributed by atoms with Gasteiger partial charge >= 0.3 is 5.91 Å². The number of benzene rings is 1. The van der Waals surface area contributed by atoms with Crippen LogP contribution in [-0.4, -0.2) is 27.9 Å². The first-order valence-electron chi connectivity index (χ1n) is 3.84. The average Bonchev–Trinajstić information content (AvgIpc) is 2.23. The maximum Gasteiger partial charge on any atom is 0.325 e. The summed E-state index contributed by atoms with van der Waals surface area (Å²) in [5, 5.41) is 8.81. The van der Waals surface area contributed by atoms with Gasteiger partial charge in [-0.15, -0.1) is 5.06 Å². The molecular formula is C9H5NO4. The second-order valence-electron chi connectivity index (χ2n) is 2.80. The number of ketones is 1. The summed E-state index contributed by atoms with van der Waals surface area (Å²) in [5.74, 6) is -2.96. The van der Waals surface area contributed by atoms with Crippen LogP contribution in [0.2, 0.25) is 0 Å². The minimum Gasteiger partial charge on any atom is -0.283 e. The Labute approximate surface area is 78.5 Å². The van der Waals surface area contributed by atoms with Crippen molar-refractivity contribution >= 4 is 17.6 Å². The van der Waals surface area contributed by atoms with Crippen molar-refractivity contribution in [2.24, 2.45) is 0 Å². The Bertz CT molecular complexity index is 452. The Kier molecular flexibility index (Phi) is 1.68. The van der Waals surface area contributed by atoms with Gasteiger partial charge in [0.1, 0.15) is 0 Å². The number of Topliss-reactive ketones (excluding diaryl/α,β-unsaturated/α-hetero) is 1. The van der Waals surface area contributed by atoms with E-state index in [2.05, 4.69) is 0 Å². The summed E-state index contributed by atoms with van der Waals surface area (Å²) in [6.45, 7) is 0. The molecule has 1 aliphatic heterocycles. The van der Waals surface area contributed by atoms with E-state index in [-0.39, 0.29) is 16.2 Å². The average molecular weight is 191 g/mol. The molecule has 0 aliphatic carbocycles. The van der Waals surface area contributed by atoms with Crippen LogP contribution >= 0.6 is 0 Å². The molecule has 0 fully saturated rings. The third kappa shape index (κ3) is 0.961. The number of hydrogen-bond acceptors (Lipinski definition) is 4. The lowest BCUT2D eigenvalue weighted by Crippen LogP contribution is -2.43. The van der Waals surface area contributed by atoms with E-state index in [0.717, 1.165) is 0 Å². The Hall–Kier alpha value is -2.01. The van der Waals surface area contributed by atoms with Crippen LogP contribution in [0.1, 0.15) is 20.7 Å². The van der Waals surface area contributed by atoms with Crippen LogP contribution < -0.4 is 0 Å². The fraction of sp³-hybridized carbons (Fsp3) is 0. The van der Waals surface area contributed by atoms with Crippen molar-refractivity contribution < 1.29 is 19.6 Å². The van der Waals surface area contributed by atoms with Crippen LogP contribution in [0, 0.1) is 0 Å². The molecule has 0 radical (unpaired) electrons. The summed E-state index contributed by atoms with van der Waals surface area (Å²) in [7, 11) is 0. The lowest BCUT2D eigenvalue weighted by Gasteiger charge is -2.19. The fourth-order valence-electron chi connectivity index (χ4n) is 1.29. The van der Waals surface area contributed by atoms with Crippen molar-refractivity contribution in [1.82, 2.24) is 5.06 Å². The lowest BCUT2D eigenvalue weighted by molar-refractivity contribution is -0.148. The number of nitrogens with zero attached hydrogens (tertiary/aromatic N) is 1. The minimum absolute atomic E-state index is 0.0350. The van der Waals surface area contributed by atoms with E-state index in [1.54, 1.807) is 12.1 Å². The van der Waals surface area contributed by atoms with Gasteiger partial charge in [-0.25, -0.2) is 0 Å². The number of fused-ring (bicyclic) bond motifs is 1. The van der Waals surface area contributed by atoms with Gasteiger partial charge in [-0.05, 0) is 6.07 Å². The molecule has 1 N–H and O–H groups in total. The van der Waals surface area contributed by atoms with Gasteiger partial charge in [0.15, 0.2) is 0 Å². The Morgan fingerprint density at radius 3 is 2.14 bits per heavy atom. The van der Waals surface area contributed by atoms with Gasteiger partial charge in [0.05, 0.1) is 5.56 Å². The van der Waals surface area contributed by atoms with E-state index in [1.165, 1.54) is 12.1 Å². The molecular weight excluding hydrogens is 186 g/mol. The largest absolute Gasteiger partial charge is 0.325 e. The molecule has 1 aromatic rings. The van der Waals surface area contributed by atoms with E-state index in [1.807, 2.05) is 0 Å². The maximum absolute atomic E-state index is 11.3. The van der Waals surface area contributed by atoms with Crippen molar-refractivity contribution in [1.29, 1.82) is 0 Å². The van der Waals surface area contributed by atoms with Crippen LogP contribution in [0.15, 0.2) is 24.3 Å². The zero-order valence-corrected chi connectivity index (χ0v) is 6.93. The highest BCUT2D eigenvalue weighted by atomic mass is 16.5. The molecule has 0 unspecified atom stereocenters. The molecule has 2 rings (SSSR count). The smallest absolute Gasteiger partial charge is 0.283 e. The van der Waals surface area contributed by atoms with E-state index < -0.39 is 17.6 Å². The number of rotatable bonds is 0. The predicted octanol–water partition coefficient (Wildman–Crippen LogP) is 0.241. The zero-order valence-electron chi connectivity index (χ0n) is 6.93. The zero-order chi connectivity index (χ0) is 10.3. The van der Waals surface area contributed by atoms with Gasteiger partial charge < -0.3 is 0 Å². The van der Waals surface area contributed by atoms with Gasteiger partial charge in [-0.2, -0.15) is 0 Å². The summed E-state index contributed by atoms with van der Waals surface area (Å²) in [4.78, 5) is 33.5. The number of amides is 2. The highest BCUT2D eigenvalue weighted by molar-refractivity contribution is 6.48. The lowest BCUT2D eigenvalue weighted by atomic mass is 9.99. The quantitative estimate of drug-likeness (QED) is 0.362. The van der Waals surface area contributed by atoms with E-state index in [4.69, 9.17) is 5.21 Å². The maximum atomic E-state index is 11.3. The van der Waals surface area contributed by atoms with E-state index in [0.29, 0.717) is 0 Å². The molecule has 0 aromatic heterocycles. The summed E-state index contributed by atoms with van der Waals surface area (Å²) in [5.41, 5.74) is 0.0763. The molecule has 14 heavy (non-hydrogen) atoms. The summed E-state index contributed by atoms with van der Waals surface area (Å²) in [6.07, 6.45) is 0. The van der Waals surface area contributed by atoms with Crippen molar-refractivity contribution in [3.05, 3.63) is 35.4 Å².